The van der Waals surface area contributed by atoms with Gasteiger partial charge in [0, 0.05) is 40.8 Å². The van der Waals surface area contributed by atoms with Crippen LogP contribution in [0.2, 0.25) is 0 Å². The molecule has 0 N–H and O–H groups in total. The molecule has 0 saturated heterocycles. The van der Waals surface area contributed by atoms with E-state index in [1.54, 1.807) is 0 Å². The second kappa shape index (κ2) is 9.29. The van der Waals surface area contributed by atoms with Crippen molar-refractivity contribution in [3.05, 3.63) is 0 Å². The summed E-state index contributed by atoms with van der Waals surface area (Å²) in [5.41, 5.74) is 0. The Morgan fingerprint density at radius 2 is 1.25 bits per heavy atom. The van der Waals surface area contributed by atoms with Crippen LogP contribution in [0.3, 0.4) is 0 Å². The second-order valence-electron chi connectivity index (χ2n) is 0.0833. The van der Waals surface area contributed by atoms with E-state index in [4.69, 9.17) is 9.59 Å². The third-order valence-corrected chi connectivity index (χ3v) is 0. The molecule has 0 bridgehead atoms. The zero-order valence-corrected chi connectivity index (χ0v) is 5.02. The van der Waals surface area contributed by atoms with E-state index in [2.05, 4.69) is 0 Å². The molecule has 0 unspecified atom stereocenters. The first-order chi connectivity index (χ1) is 1.41. The van der Waals surface area contributed by atoms with Crippen molar-refractivity contribution >= 4 is 6.15 Å². The van der Waals surface area contributed by atoms with Gasteiger partial charge in [-0.15, -0.1) is 0 Å². The predicted molar refractivity (Wildman–Crippen MR) is 5.01 cm³/mol. The molecule has 20 valence electrons. The van der Waals surface area contributed by atoms with Gasteiger partial charge in [0.05, 0.1) is 0 Å². The fraction of sp³-hybridized carbons (Fsp3) is 0. The number of rotatable bonds is 0. The number of hydrogen-bond acceptors (Lipinski definition) is 2. The minimum absolute atomic E-state index is 0. The number of carbonyl (C=O) groups excluding carboxylic acids is 2. The summed E-state index contributed by atoms with van der Waals surface area (Å²) in [6, 6.07) is 0. The van der Waals surface area contributed by atoms with Gasteiger partial charge in [-0.3, -0.25) is 0 Å². The van der Waals surface area contributed by atoms with Gasteiger partial charge in [0.1, 0.15) is 0 Å². The van der Waals surface area contributed by atoms with Crippen LogP contribution in [0.4, 0.5) is 0 Å². The number of hydrogen-bond donors (Lipinski definition) is 0. The van der Waals surface area contributed by atoms with Crippen molar-refractivity contribution in [3.63, 3.8) is 0 Å². The normalized spacial score (nSPS) is 2.00. The van der Waals surface area contributed by atoms with Crippen molar-refractivity contribution in [2.45, 2.75) is 0 Å². The standard InChI is InChI=1S/CO2.Nd/c2-1-3;. The van der Waals surface area contributed by atoms with Crippen LogP contribution in [0.1, 0.15) is 0 Å². The van der Waals surface area contributed by atoms with E-state index in [9.17, 15) is 0 Å². The second-order valence-corrected chi connectivity index (χ2v) is 0.0833. The van der Waals surface area contributed by atoms with E-state index in [0.717, 1.165) is 0 Å². The Morgan fingerprint density at radius 1 is 1.25 bits per heavy atom. The third kappa shape index (κ3) is 15.3. The molecule has 0 aromatic rings. The van der Waals surface area contributed by atoms with Crippen molar-refractivity contribution in [1.29, 1.82) is 0 Å². The van der Waals surface area contributed by atoms with Crippen LogP contribution in [0.5, 0.6) is 0 Å². The van der Waals surface area contributed by atoms with Gasteiger partial charge in [-0.2, -0.15) is 9.59 Å². The molecule has 0 fully saturated rings. The van der Waals surface area contributed by atoms with Gasteiger partial charge in [-0.05, 0) is 0 Å². The molecule has 0 amide bonds. The van der Waals surface area contributed by atoms with Gasteiger partial charge in [-0.25, -0.2) is 0 Å². The summed E-state index contributed by atoms with van der Waals surface area (Å²) >= 11 is 0. The first kappa shape index (κ1) is 8.83. The molecular formula is CNdO2. The molecule has 0 saturated carbocycles. The van der Waals surface area contributed by atoms with E-state index in [1.165, 1.54) is 0 Å². The molecule has 0 rings (SSSR count). The van der Waals surface area contributed by atoms with Crippen LogP contribution in [-0.2, 0) is 9.59 Å². The van der Waals surface area contributed by atoms with Gasteiger partial charge < -0.3 is 0 Å². The van der Waals surface area contributed by atoms with E-state index in [-0.39, 0.29) is 47.0 Å². The molecule has 0 aliphatic carbocycles. The quantitative estimate of drug-likeness (QED) is 0.509. The molecule has 0 aromatic carbocycles. The smallest absolute Gasteiger partial charge is 0.186 e. The SMILES string of the molecule is O=C=O.[Nd]. The van der Waals surface area contributed by atoms with Gasteiger partial charge in [-0.1, -0.05) is 0 Å². The Hall–Kier alpha value is 0.731. The molecule has 0 spiro atoms. The molecule has 4 heavy (non-hydrogen) atoms. The van der Waals surface area contributed by atoms with Crippen molar-refractivity contribution < 1.29 is 50.4 Å². The van der Waals surface area contributed by atoms with Crippen LogP contribution in [0, 0.1) is 40.8 Å². The Morgan fingerprint density at radius 3 is 1.25 bits per heavy atom. The summed E-state index contributed by atoms with van der Waals surface area (Å²) in [5, 5.41) is 0. The minimum atomic E-state index is 0. The van der Waals surface area contributed by atoms with Gasteiger partial charge in [0.15, 0.2) is 0 Å². The monoisotopic (exact) mass is 186 g/mol. The van der Waals surface area contributed by atoms with Crippen LogP contribution in [-0.4, -0.2) is 6.15 Å². The van der Waals surface area contributed by atoms with Crippen LogP contribution < -0.4 is 0 Å². The van der Waals surface area contributed by atoms with Crippen molar-refractivity contribution in [3.8, 4) is 0 Å². The van der Waals surface area contributed by atoms with E-state index >= 15 is 0 Å². The van der Waals surface area contributed by atoms with Gasteiger partial charge in [0.2, 0.25) is 0 Å². The fourth-order valence-electron chi connectivity index (χ4n) is 0. The van der Waals surface area contributed by atoms with E-state index in [0.29, 0.717) is 0 Å². The first-order valence-corrected chi connectivity index (χ1v) is 0.408. The van der Waals surface area contributed by atoms with Crippen molar-refractivity contribution in [2.24, 2.45) is 0 Å². The summed E-state index contributed by atoms with van der Waals surface area (Å²) in [6.45, 7) is 0. The average molecular weight is 188 g/mol. The maximum absolute atomic E-state index is 8.12. The minimum Gasteiger partial charge on any atom is -0.186 e. The molecular weight excluding hydrogens is 188 g/mol. The van der Waals surface area contributed by atoms with Gasteiger partial charge >= 0.3 is 6.15 Å². The molecule has 0 atom stereocenters. The van der Waals surface area contributed by atoms with Crippen LogP contribution >= 0.6 is 0 Å². The maximum Gasteiger partial charge on any atom is 0.373 e. The Balaban J connectivity index is 0. The Bertz CT molecular complexity index is 27.0. The largest absolute Gasteiger partial charge is 0.373 e. The topological polar surface area (TPSA) is 34.1 Å². The van der Waals surface area contributed by atoms with Crippen molar-refractivity contribution in [1.82, 2.24) is 0 Å². The molecule has 0 radical (unpaired) electrons. The zero-order valence-electron chi connectivity index (χ0n) is 1.82. The Kier molecular flexibility index (Phi) is 20.5. The fourth-order valence-corrected chi connectivity index (χ4v) is 0. The summed E-state index contributed by atoms with van der Waals surface area (Å²) in [5.74, 6) is 0. The molecule has 3 heteroatoms. The molecule has 0 heterocycles. The maximum atomic E-state index is 8.12. The summed E-state index contributed by atoms with van der Waals surface area (Å²) in [6.07, 6.45) is 0.250. The summed E-state index contributed by atoms with van der Waals surface area (Å²) in [4.78, 5) is 16.2. The van der Waals surface area contributed by atoms with Crippen LogP contribution in [0.25, 0.3) is 0 Å². The molecule has 2 nitrogen and oxygen atoms in total. The van der Waals surface area contributed by atoms with E-state index in [1.807, 2.05) is 0 Å². The predicted octanol–water partition coefficient (Wildman–Crippen LogP) is -0.584. The van der Waals surface area contributed by atoms with Crippen LogP contribution in [0.15, 0.2) is 0 Å². The first-order valence-electron chi connectivity index (χ1n) is 0.408. The average Bonchev–Trinajstić information content (AvgIpc) is 0.918. The summed E-state index contributed by atoms with van der Waals surface area (Å²) in [7, 11) is 0. The third-order valence-electron chi connectivity index (χ3n) is 0. The molecule has 0 aliphatic rings. The van der Waals surface area contributed by atoms with Crippen molar-refractivity contribution in [2.75, 3.05) is 0 Å². The van der Waals surface area contributed by atoms with Gasteiger partial charge in [0.25, 0.3) is 0 Å². The molecule has 0 aromatic heterocycles. The van der Waals surface area contributed by atoms with E-state index < -0.39 is 0 Å². The Labute approximate surface area is 56.1 Å². The molecule has 0 aliphatic heterocycles. The summed E-state index contributed by atoms with van der Waals surface area (Å²) < 4.78 is 0. The zero-order chi connectivity index (χ0) is 2.71.